The molecular formula is C9H17NO3. The minimum atomic E-state index is -1.01. The first-order chi connectivity index (χ1) is 5.75. The second-order valence-electron chi connectivity index (χ2n) is 3.81. The fourth-order valence-electron chi connectivity index (χ4n) is 0.176. The molecule has 0 aliphatic rings. The highest BCUT2D eigenvalue weighted by Gasteiger charge is 2.31. The van der Waals surface area contributed by atoms with Gasteiger partial charge in [0, 0.05) is 0 Å². The summed E-state index contributed by atoms with van der Waals surface area (Å²) in [5, 5.41) is 21.6. The molecule has 0 aliphatic carbocycles. The molecule has 0 bridgehead atoms. The molecule has 0 unspecified atom stereocenters. The van der Waals surface area contributed by atoms with Crippen LogP contribution in [0.15, 0.2) is 23.0 Å². The molecule has 0 saturated carbocycles. The normalized spacial score (nSPS) is 11.8. The second-order valence-corrected chi connectivity index (χ2v) is 3.81. The second kappa shape index (κ2) is 4.39. The van der Waals surface area contributed by atoms with Crippen LogP contribution in [0, 0.1) is 0 Å². The van der Waals surface area contributed by atoms with E-state index in [1.165, 1.54) is 6.26 Å². The van der Waals surface area contributed by atoms with Gasteiger partial charge in [-0.2, -0.15) is 0 Å². The Labute approximate surface area is 78.2 Å². The lowest BCUT2D eigenvalue weighted by atomic mass is 9.90. The van der Waals surface area contributed by atoms with E-state index >= 15 is 0 Å². The lowest BCUT2D eigenvalue weighted by molar-refractivity contribution is -0.107. The van der Waals surface area contributed by atoms with Crippen molar-refractivity contribution in [2.75, 3.05) is 0 Å². The van der Waals surface area contributed by atoms with Gasteiger partial charge in [0.15, 0.2) is 0 Å². The molecule has 4 heteroatoms. The van der Waals surface area contributed by atoms with Crippen molar-refractivity contribution < 1.29 is 14.7 Å². The van der Waals surface area contributed by atoms with E-state index in [9.17, 15) is 0 Å². The Morgan fingerprint density at radius 3 is 1.62 bits per heavy atom. The minimum absolute atomic E-state index is 1.01. The third kappa shape index (κ3) is 5.38. The quantitative estimate of drug-likeness (QED) is 0.693. The fraction of sp³-hybridized carbons (Fsp3) is 0.667. The molecule has 1 heterocycles. The standard InChI is InChI=1S/C6H14O2.C3H3NO/c1-5(2,7)6(3,4)8;1-2-4-5-3-1/h7-8H,1-4H3;1-3H. The Morgan fingerprint density at radius 1 is 1.08 bits per heavy atom. The average molecular weight is 187 g/mol. The van der Waals surface area contributed by atoms with E-state index in [0.717, 1.165) is 0 Å². The van der Waals surface area contributed by atoms with E-state index in [1.54, 1.807) is 40.0 Å². The van der Waals surface area contributed by atoms with Crippen molar-refractivity contribution in [3.05, 3.63) is 18.5 Å². The van der Waals surface area contributed by atoms with Crippen LogP contribution in [0.4, 0.5) is 0 Å². The lowest BCUT2D eigenvalue weighted by Gasteiger charge is -2.31. The molecule has 1 aromatic heterocycles. The average Bonchev–Trinajstić information content (AvgIpc) is 2.35. The Balaban J connectivity index is 0.000000243. The maximum absolute atomic E-state index is 9.10. The van der Waals surface area contributed by atoms with Crippen molar-refractivity contribution in [1.82, 2.24) is 5.16 Å². The molecule has 0 radical (unpaired) electrons. The van der Waals surface area contributed by atoms with Crippen molar-refractivity contribution in [3.8, 4) is 0 Å². The van der Waals surface area contributed by atoms with E-state index in [4.69, 9.17) is 10.2 Å². The molecular weight excluding hydrogens is 170 g/mol. The van der Waals surface area contributed by atoms with Crippen molar-refractivity contribution in [3.63, 3.8) is 0 Å². The maximum Gasteiger partial charge on any atom is 0.123 e. The summed E-state index contributed by atoms with van der Waals surface area (Å²) < 4.78 is 4.33. The molecule has 0 amide bonds. The van der Waals surface area contributed by atoms with E-state index < -0.39 is 11.2 Å². The summed E-state index contributed by atoms with van der Waals surface area (Å²) >= 11 is 0. The van der Waals surface area contributed by atoms with Gasteiger partial charge in [0.05, 0.1) is 17.4 Å². The van der Waals surface area contributed by atoms with Crippen LogP contribution in [0.25, 0.3) is 0 Å². The van der Waals surface area contributed by atoms with E-state index in [1.807, 2.05) is 0 Å². The number of nitrogens with zero attached hydrogens (tertiary/aromatic N) is 1. The van der Waals surface area contributed by atoms with Gasteiger partial charge in [0.1, 0.15) is 6.26 Å². The van der Waals surface area contributed by atoms with Crippen LogP contribution in [0.2, 0.25) is 0 Å². The third-order valence-electron chi connectivity index (χ3n) is 1.84. The lowest BCUT2D eigenvalue weighted by Crippen LogP contribution is -2.44. The molecule has 1 aromatic rings. The first-order valence-electron chi connectivity index (χ1n) is 4.04. The SMILES string of the molecule is CC(C)(O)C(C)(C)O.c1cnoc1. The van der Waals surface area contributed by atoms with Crippen LogP contribution < -0.4 is 0 Å². The number of hydrogen-bond acceptors (Lipinski definition) is 4. The summed E-state index contributed by atoms with van der Waals surface area (Å²) in [7, 11) is 0. The van der Waals surface area contributed by atoms with Crippen LogP contribution in [-0.4, -0.2) is 26.6 Å². The van der Waals surface area contributed by atoms with Gasteiger partial charge in [-0.3, -0.25) is 0 Å². The predicted molar refractivity (Wildman–Crippen MR) is 49.1 cm³/mol. The molecule has 0 atom stereocenters. The fourth-order valence-corrected chi connectivity index (χ4v) is 0.176. The molecule has 13 heavy (non-hydrogen) atoms. The summed E-state index contributed by atoms with van der Waals surface area (Å²) in [4.78, 5) is 0. The molecule has 0 saturated heterocycles. The third-order valence-corrected chi connectivity index (χ3v) is 1.84. The van der Waals surface area contributed by atoms with Crippen molar-refractivity contribution >= 4 is 0 Å². The van der Waals surface area contributed by atoms with Gasteiger partial charge < -0.3 is 14.7 Å². The molecule has 0 aliphatic heterocycles. The largest absolute Gasteiger partial charge is 0.387 e. The van der Waals surface area contributed by atoms with Gasteiger partial charge in [-0.25, -0.2) is 0 Å². The molecule has 0 fully saturated rings. The Morgan fingerprint density at radius 2 is 1.54 bits per heavy atom. The topological polar surface area (TPSA) is 66.5 Å². The summed E-state index contributed by atoms with van der Waals surface area (Å²) in [5.74, 6) is 0. The van der Waals surface area contributed by atoms with Crippen LogP contribution in [0.3, 0.4) is 0 Å². The Hall–Kier alpha value is -0.870. The zero-order chi connectivity index (χ0) is 10.5. The summed E-state index contributed by atoms with van der Waals surface area (Å²) in [5.41, 5.74) is -2.01. The molecule has 76 valence electrons. The van der Waals surface area contributed by atoms with Crippen LogP contribution in [0.1, 0.15) is 27.7 Å². The zero-order valence-corrected chi connectivity index (χ0v) is 8.48. The van der Waals surface area contributed by atoms with E-state index in [0.29, 0.717) is 0 Å². The van der Waals surface area contributed by atoms with Gasteiger partial charge in [-0.15, -0.1) is 0 Å². The van der Waals surface area contributed by atoms with Gasteiger partial charge in [0.25, 0.3) is 0 Å². The van der Waals surface area contributed by atoms with Gasteiger partial charge in [-0.1, -0.05) is 5.16 Å². The highest BCUT2D eigenvalue weighted by Crippen LogP contribution is 2.19. The van der Waals surface area contributed by atoms with Crippen LogP contribution >= 0.6 is 0 Å². The molecule has 0 spiro atoms. The Kier molecular flexibility index (Phi) is 4.10. The van der Waals surface area contributed by atoms with Gasteiger partial charge in [-0.05, 0) is 33.8 Å². The zero-order valence-electron chi connectivity index (χ0n) is 8.48. The summed E-state index contributed by atoms with van der Waals surface area (Å²) in [6.45, 7) is 6.31. The number of aromatic nitrogens is 1. The summed E-state index contributed by atoms with van der Waals surface area (Å²) in [6.07, 6.45) is 3.10. The highest BCUT2D eigenvalue weighted by molar-refractivity contribution is 4.84. The first kappa shape index (κ1) is 12.1. The van der Waals surface area contributed by atoms with Crippen molar-refractivity contribution in [2.24, 2.45) is 0 Å². The van der Waals surface area contributed by atoms with Crippen LogP contribution in [-0.2, 0) is 0 Å². The van der Waals surface area contributed by atoms with Crippen LogP contribution in [0.5, 0.6) is 0 Å². The van der Waals surface area contributed by atoms with E-state index in [-0.39, 0.29) is 0 Å². The molecule has 2 N–H and O–H groups in total. The number of hydrogen-bond donors (Lipinski definition) is 2. The Bertz CT molecular complexity index is 177. The summed E-state index contributed by atoms with van der Waals surface area (Å²) in [6, 6.07) is 1.72. The smallest absolute Gasteiger partial charge is 0.123 e. The number of aliphatic hydroxyl groups is 2. The monoisotopic (exact) mass is 187 g/mol. The predicted octanol–water partition coefficient (Wildman–Crippen LogP) is 1.20. The minimum Gasteiger partial charge on any atom is -0.387 e. The van der Waals surface area contributed by atoms with Gasteiger partial charge in [0.2, 0.25) is 0 Å². The first-order valence-corrected chi connectivity index (χ1v) is 4.04. The molecule has 0 aromatic carbocycles. The van der Waals surface area contributed by atoms with E-state index in [2.05, 4.69) is 9.68 Å². The highest BCUT2D eigenvalue weighted by atomic mass is 16.5. The maximum atomic E-state index is 9.10. The molecule has 1 rings (SSSR count). The van der Waals surface area contributed by atoms with Gasteiger partial charge >= 0.3 is 0 Å². The number of rotatable bonds is 1. The van der Waals surface area contributed by atoms with Crippen molar-refractivity contribution in [1.29, 1.82) is 0 Å². The van der Waals surface area contributed by atoms with Crippen molar-refractivity contribution in [2.45, 2.75) is 38.9 Å². The molecule has 4 nitrogen and oxygen atoms in total.